The molecule has 0 saturated carbocycles. The number of aromatic hydroxyl groups is 1. The number of ketones is 2. The fourth-order valence-electron chi connectivity index (χ4n) is 1.48. The molecule has 17 heavy (non-hydrogen) atoms. The van der Waals surface area contributed by atoms with Crippen LogP contribution in [-0.2, 0) is 0 Å². The van der Waals surface area contributed by atoms with Gasteiger partial charge >= 0.3 is 0 Å². The van der Waals surface area contributed by atoms with Gasteiger partial charge in [-0.05, 0) is 12.1 Å². The number of phenols is 1. The zero-order valence-electron chi connectivity index (χ0n) is 10.6. The van der Waals surface area contributed by atoms with Crippen LogP contribution in [0.15, 0.2) is 12.1 Å². The molecular formula is C14H17O3. The molecule has 1 aromatic rings. The van der Waals surface area contributed by atoms with Crippen molar-refractivity contribution in [2.45, 2.75) is 27.7 Å². The molecule has 0 spiro atoms. The second-order valence-corrected chi connectivity index (χ2v) is 4.67. The van der Waals surface area contributed by atoms with Gasteiger partial charge < -0.3 is 5.11 Å². The molecule has 0 atom stereocenters. The molecule has 3 heteroatoms. The van der Waals surface area contributed by atoms with Crippen LogP contribution in [0.1, 0.15) is 48.4 Å². The second-order valence-electron chi connectivity index (χ2n) is 4.67. The molecule has 0 aromatic heterocycles. The Labute approximate surface area is 101 Å². The van der Waals surface area contributed by atoms with Crippen molar-refractivity contribution in [3.8, 4) is 5.75 Å². The van der Waals surface area contributed by atoms with E-state index in [4.69, 9.17) is 0 Å². The molecule has 1 radical (unpaired) electrons. The van der Waals surface area contributed by atoms with E-state index in [1.807, 2.05) is 0 Å². The van der Waals surface area contributed by atoms with Crippen molar-refractivity contribution in [3.63, 3.8) is 0 Å². The molecule has 1 N–H and O–H groups in total. The first-order valence-corrected chi connectivity index (χ1v) is 5.68. The summed E-state index contributed by atoms with van der Waals surface area (Å²) in [5, 5.41) is 9.37. The van der Waals surface area contributed by atoms with Gasteiger partial charge in [0.15, 0.2) is 11.6 Å². The molecule has 0 bridgehead atoms. The summed E-state index contributed by atoms with van der Waals surface area (Å²) in [5.41, 5.74) is 0.537. The van der Waals surface area contributed by atoms with E-state index < -0.39 is 0 Å². The van der Waals surface area contributed by atoms with Gasteiger partial charge in [0.1, 0.15) is 5.75 Å². The maximum absolute atomic E-state index is 11.9. The minimum Gasteiger partial charge on any atom is -0.507 e. The molecule has 0 fully saturated rings. The average molecular weight is 233 g/mol. The lowest BCUT2D eigenvalue weighted by atomic mass is 9.91. The van der Waals surface area contributed by atoms with Gasteiger partial charge in [-0.15, -0.1) is 0 Å². The summed E-state index contributed by atoms with van der Waals surface area (Å²) in [6.45, 7) is 7.06. The normalized spacial score (nSPS) is 10.9. The Kier molecular flexibility index (Phi) is 4.05. The second kappa shape index (κ2) is 5.13. The molecule has 0 amide bonds. The highest BCUT2D eigenvalue weighted by Gasteiger charge is 2.21. The van der Waals surface area contributed by atoms with Crippen LogP contribution in [0, 0.1) is 17.9 Å². The largest absolute Gasteiger partial charge is 0.507 e. The summed E-state index contributed by atoms with van der Waals surface area (Å²) < 4.78 is 0. The van der Waals surface area contributed by atoms with Crippen LogP contribution in [-0.4, -0.2) is 16.7 Å². The highest BCUT2D eigenvalue weighted by atomic mass is 16.3. The van der Waals surface area contributed by atoms with E-state index in [2.05, 4.69) is 6.07 Å². The maximum Gasteiger partial charge on any atom is 0.166 e. The lowest BCUT2D eigenvalue weighted by molar-refractivity contribution is 0.0905. The molecule has 0 aliphatic carbocycles. The van der Waals surface area contributed by atoms with Crippen molar-refractivity contribution in [1.82, 2.24) is 0 Å². The van der Waals surface area contributed by atoms with Gasteiger partial charge in [0.25, 0.3) is 0 Å². The smallest absolute Gasteiger partial charge is 0.166 e. The first-order valence-electron chi connectivity index (χ1n) is 5.68. The molecule has 0 aliphatic rings. The molecule has 91 valence electrons. The van der Waals surface area contributed by atoms with Crippen molar-refractivity contribution in [2.75, 3.05) is 0 Å². The minimum atomic E-state index is -0.230. The Bertz CT molecular complexity index is 445. The lowest BCUT2D eigenvalue weighted by Gasteiger charge is -2.11. The maximum atomic E-state index is 11.9. The molecule has 0 unspecified atom stereocenters. The fourth-order valence-corrected chi connectivity index (χ4v) is 1.48. The summed E-state index contributed by atoms with van der Waals surface area (Å²) in [7, 11) is 0. The van der Waals surface area contributed by atoms with E-state index in [-0.39, 0.29) is 34.7 Å². The van der Waals surface area contributed by atoms with E-state index in [0.717, 1.165) is 0 Å². The van der Waals surface area contributed by atoms with Gasteiger partial charge in [0.2, 0.25) is 0 Å². The Hall–Kier alpha value is -1.64. The van der Waals surface area contributed by atoms with Crippen molar-refractivity contribution in [2.24, 2.45) is 11.8 Å². The Balaban J connectivity index is 3.31. The van der Waals surface area contributed by atoms with E-state index >= 15 is 0 Å². The van der Waals surface area contributed by atoms with Crippen molar-refractivity contribution in [3.05, 3.63) is 29.3 Å². The number of Topliss-reactive ketones (excluding diaryl/α,β-unsaturated/α-hetero) is 2. The zero-order valence-corrected chi connectivity index (χ0v) is 10.6. The number of phenolic OH excluding ortho intramolecular Hbond substituents is 1. The Morgan fingerprint density at radius 2 is 1.59 bits per heavy atom. The Morgan fingerprint density at radius 3 is 2.06 bits per heavy atom. The molecule has 0 saturated heterocycles. The third-order valence-electron chi connectivity index (χ3n) is 2.49. The topological polar surface area (TPSA) is 54.4 Å². The van der Waals surface area contributed by atoms with Gasteiger partial charge in [-0.1, -0.05) is 27.7 Å². The number of hydrogen-bond donors (Lipinski definition) is 1. The predicted molar refractivity (Wildman–Crippen MR) is 65.3 cm³/mol. The number of carbonyl (C=O) groups is 2. The number of benzene rings is 1. The lowest BCUT2D eigenvalue weighted by Crippen LogP contribution is -2.16. The third kappa shape index (κ3) is 2.93. The SMILES string of the molecule is CC(C)C(=O)c1[c]c(O)ccc1C(=O)C(C)C. The summed E-state index contributed by atoms with van der Waals surface area (Å²) >= 11 is 0. The van der Waals surface area contributed by atoms with Gasteiger partial charge in [0, 0.05) is 29.0 Å². The average Bonchev–Trinajstić information content (AvgIpc) is 2.26. The zero-order chi connectivity index (χ0) is 13.2. The van der Waals surface area contributed by atoms with Gasteiger partial charge in [-0.25, -0.2) is 0 Å². The van der Waals surface area contributed by atoms with Crippen LogP contribution in [0.5, 0.6) is 5.75 Å². The summed E-state index contributed by atoms with van der Waals surface area (Å²) in [4.78, 5) is 23.9. The highest BCUT2D eigenvalue weighted by molar-refractivity contribution is 6.10. The van der Waals surface area contributed by atoms with E-state index in [0.29, 0.717) is 5.56 Å². The third-order valence-corrected chi connectivity index (χ3v) is 2.49. The summed E-state index contributed by atoms with van der Waals surface area (Å²) in [6.07, 6.45) is 0. The first kappa shape index (κ1) is 13.4. The molecule has 0 heterocycles. The molecule has 1 rings (SSSR count). The minimum absolute atomic E-state index is 0.106. The Morgan fingerprint density at radius 1 is 1.06 bits per heavy atom. The monoisotopic (exact) mass is 233 g/mol. The van der Waals surface area contributed by atoms with Crippen molar-refractivity contribution < 1.29 is 14.7 Å². The predicted octanol–water partition coefficient (Wildman–Crippen LogP) is 2.87. The van der Waals surface area contributed by atoms with Gasteiger partial charge in [-0.2, -0.15) is 0 Å². The molecule has 1 aromatic carbocycles. The first-order chi connectivity index (χ1) is 7.84. The van der Waals surface area contributed by atoms with Crippen LogP contribution in [0.3, 0.4) is 0 Å². The van der Waals surface area contributed by atoms with Crippen molar-refractivity contribution in [1.29, 1.82) is 0 Å². The van der Waals surface area contributed by atoms with E-state index in [1.165, 1.54) is 12.1 Å². The van der Waals surface area contributed by atoms with Crippen LogP contribution in [0.25, 0.3) is 0 Å². The van der Waals surface area contributed by atoms with Crippen molar-refractivity contribution >= 4 is 11.6 Å². The number of carbonyl (C=O) groups excluding carboxylic acids is 2. The van der Waals surface area contributed by atoms with Gasteiger partial charge in [0.05, 0.1) is 0 Å². The van der Waals surface area contributed by atoms with Gasteiger partial charge in [-0.3, -0.25) is 9.59 Å². The molecule has 0 aliphatic heterocycles. The molecular weight excluding hydrogens is 216 g/mol. The number of hydrogen-bond acceptors (Lipinski definition) is 3. The van der Waals surface area contributed by atoms with Crippen LogP contribution in [0.2, 0.25) is 0 Å². The van der Waals surface area contributed by atoms with Crippen LogP contribution < -0.4 is 0 Å². The number of rotatable bonds is 4. The fraction of sp³-hybridized carbons (Fsp3) is 0.429. The quantitative estimate of drug-likeness (QED) is 0.813. The summed E-state index contributed by atoms with van der Waals surface area (Å²) in [6, 6.07) is 5.45. The van der Waals surface area contributed by atoms with Crippen LogP contribution >= 0.6 is 0 Å². The van der Waals surface area contributed by atoms with E-state index in [1.54, 1.807) is 27.7 Å². The van der Waals surface area contributed by atoms with E-state index in [9.17, 15) is 14.7 Å². The highest BCUT2D eigenvalue weighted by Crippen LogP contribution is 2.21. The summed E-state index contributed by atoms with van der Waals surface area (Å²) in [5.74, 6) is -0.817. The van der Waals surface area contributed by atoms with Crippen LogP contribution in [0.4, 0.5) is 0 Å². The standard InChI is InChI=1S/C14H17O3/c1-8(2)13(16)11-6-5-10(15)7-12(11)14(17)9(3)4/h5-6,8-9,15H,1-4H3. The molecule has 3 nitrogen and oxygen atoms in total.